The summed E-state index contributed by atoms with van der Waals surface area (Å²) in [5, 5.41) is 29.3. The van der Waals surface area contributed by atoms with Crippen molar-refractivity contribution in [2.24, 2.45) is 0 Å². The number of carboxylic acids is 1. The topological polar surface area (TPSA) is 191 Å². The molecule has 4 N–H and O–H groups in total. The first-order chi connectivity index (χ1) is 16.0. The Hall–Kier alpha value is -3.55. The Kier molecular flexibility index (Phi) is 7.49. The fourth-order valence-corrected chi connectivity index (χ4v) is 4.72. The molecule has 4 atom stereocenters. The molecule has 0 aliphatic carbocycles. The molecule has 0 radical (unpaired) electrons. The third-order valence-corrected chi connectivity index (χ3v) is 6.80. The minimum Gasteiger partial charge on any atom is -0.504 e. The zero-order valence-corrected chi connectivity index (χ0v) is 19.0. The maximum Gasteiger partial charge on any atom is 0.407 e. The van der Waals surface area contributed by atoms with E-state index in [1.54, 1.807) is 6.92 Å². The van der Waals surface area contributed by atoms with Gasteiger partial charge in [-0.25, -0.2) is 18.0 Å². The van der Waals surface area contributed by atoms with E-state index in [-0.39, 0.29) is 30.8 Å². The molecule has 0 aromatic heterocycles. The largest absolute Gasteiger partial charge is 0.504 e. The Balaban J connectivity index is 1.55. The number of β-lactam (4-membered cyclic amide) rings is 1. The highest BCUT2D eigenvalue weighted by molar-refractivity contribution is 7.73. The highest BCUT2D eigenvalue weighted by atomic mass is 32.2. The van der Waals surface area contributed by atoms with Crippen LogP contribution in [-0.4, -0.2) is 100 Å². The summed E-state index contributed by atoms with van der Waals surface area (Å²) in [6.45, 7) is 1.23. The Morgan fingerprint density at radius 2 is 1.94 bits per heavy atom. The number of aliphatic carboxylic acids is 1. The van der Waals surface area contributed by atoms with Gasteiger partial charge in [-0.05, 0) is 31.5 Å². The minimum atomic E-state index is -3.34. The summed E-state index contributed by atoms with van der Waals surface area (Å²) in [5.74, 6) is -3.24. The number of aromatic hydroxyl groups is 2. The van der Waals surface area contributed by atoms with Crippen LogP contribution in [0.25, 0.3) is 0 Å². The van der Waals surface area contributed by atoms with Crippen LogP contribution < -0.4 is 5.32 Å². The number of thiol groups is 1. The number of carboxylic acid groups (broad SMARTS) is 1. The highest BCUT2D eigenvalue weighted by Crippen LogP contribution is 2.27. The van der Waals surface area contributed by atoms with Crippen molar-refractivity contribution in [3.05, 3.63) is 23.8 Å². The van der Waals surface area contributed by atoms with Crippen LogP contribution in [0.5, 0.6) is 11.5 Å². The van der Waals surface area contributed by atoms with Crippen molar-refractivity contribution in [1.29, 1.82) is 0 Å². The van der Waals surface area contributed by atoms with Crippen LogP contribution in [0.15, 0.2) is 18.2 Å². The van der Waals surface area contributed by atoms with Gasteiger partial charge in [0, 0.05) is 31.1 Å². The van der Waals surface area contributed by atoms with Crippen molar-refractivity contribution in [3.8, 4) is 11.5 Å². The predicted octanol–water partition coefficient (Wildman–Crippen LogP) is -0.907. The summed E-state index contributed by atoms with van der Waals surface area (Å²) < 4.78 is 28.4. The average molecular weight is 499 g/mol. The van der Waals surface area contributed by atoms with Crippen molar-refractivity contribution in [2.75, 3.05) is 19.7 Å². The zero-order valence-electron chi connectivity index (χ0n) is 18.1. The molecule has 14 heteroatoms. The number of nitrogens with one attached hydrogen (secondary N) is 1. The van der Waals surface area contributed by atoms with Gasteiger partial charge in [-0.2, -0.15) is 0 Å². The van der Waals surface area contributed by atoms with E-state index in [0.29, 0.717) is 6.42 Å². The number of ether oxygens (including phenoxy) is 1. The van der Waals surface area contributed by atoms with Crippen molar-refractivity contribution in [3.63, 3.8) is 0 Å². The van der Waals surface area contributed by atoms with Crippen molar-refractivity contribution in [2.45, 2.75) is 43.1 Å². The van der Waals surface area contributed by atoms with E-state index < -0.39 is 70.3 Å². The lowest BCUT2D eigenvalue weighted by Gasteiger charge is -2.43. The summed E-state index contributed by atoms with van der Waals surface area (Å²) in [7, 11) is -3.34. The normalized spacial score (nSPS) is 21.6. The van der Waals surface area contributed by atoms with Gasteiger partial charge in [0.15, 0.2) is 11.5 Å². The molecule has 0 spiro atoms. The highest BCUT2D eigenvalue weighted by Gasteiger charge is 2.46. The number of phenols is 2. The Morgan fingerprint density at radius 3 is 2.50 bits per heavy atom. The second-order valence-electron chi connectivity index (χ2n) is 8.17. The second-order valence-corrected chi connectivity index (χ2v) is 9.41. The van der Waals surface area contributed by atoms with Crippen LogP contribution >= 0.6 is 0 Å². The van der Waals surface area contributed by atoms with E-state index in [2.05, 4.69) is 5.32 Å². The van der Waals surface area contributed by atoms with Crippen molar-refractivity contribution < 1.29 is 47.7 Å². The molecule has 1 unspecified atom stereocenters. The number of benzene rings is 1. The fourth-order valence-electron chi connectivity index (χ4n) is 4.03. The lowest BCUT2D eigenvalue weighted by molar-refractivity contribution is -0.161. The van der Waals surface area contributed by atoms with Gasteiger partial charge in [0.25, 0.3) is 5.91 Å². The predicted molar refractivity (Wildman–Crippen MR) is 115 cm³/mol. The number of nitrogens with zero attached hydrogens (tertiary/aromatic N) is 2. The number of rotatable bonds is 8. The molecular weight excluding hydrogens is 474 g/mol. The molecule has 1 aromatic carbocycles. The summed E-state index contributed by atoms with van der Waals surface area (Å²) in [5.41, 5.74) is 0.148. The molecule has 0 bridgehead atoms. The molecule has 2 aliphatic rings. The number of likely N-dealkylation sites (tertiary alicyclic amines) is 2. The summed E-state index contributed by atoms with van der Waals surface area (Å²) in [4.78, 5) is 50.6. The Morgan fingerprint density at radius 1 is 1.24 bits per heavy atom. The van der Waals surface area contributed by atoms with E-state index in [4.69, 9.17) is 4.74 Å². The lowest BCUT2D eigenvalue weighted by Crippen LogP contribution is -2.63. The molecule has 0 saturated carbocycles. The molecule has 34 heavy (non-hydrogen) atoms. The van der Waals surface area contributed by atoms with Crippen molar-refractivity contribution >= 4 is 34.6 Å². The zero-order chi connectivity index (χ0) is 25.2. The van der Waals surface area contributed by atoms with E-state index >= 15 is 0 Å². The van der Waals surface area contributed by atoms with Crippen molar-refractivity contribution in [1.82, 2.24) is 15.1 Å². The molecular formula is C20H25N3O10S. The third kappa shape index (κ3) is 5.32. The van der Waals surface area contributed by atoms with E-state index in [1.165, 1.54) is 17.0 Å². The smallest absolute Gasteiger partial charge is 0.407 e. The third-order valence-electron chi connectivity index (χ3n) is 5.83. The van der Waals surface area contributed by atoms with Gasteiger partial charge in [-0.15, -0.1) is 0 Å². The van der Waals surface area contributed by atoms with E-state index in [9.17, 15) is 42.9 Å². The van der Waals surface area contributed by atoms with Crippen LogP contribution in [0, 0.1) is 0 Å². The maximum atomic E-state index is 12.6. The molecule has 2 fully saturated rings. The van der Waals surface area contributed by atoms with Gasteiger partial charge >= 0.3 is 12.1 Å². The number of amides is 3. The molecule has 2 heterocycles. The number of carbonyl (C=O) groups excluding carboxylic acids is 3. The minimum absolute atomic E-state index is 0.105. The molecule has 2 aliphatic heterocycles. The summed E-state index contributed by atoms with van der Waals surface area (Å²) in [6.07, 6.45) is -0.508. The van der Waals surface area contributed by atoms with Crippen LogP contribution in [0.1, 0.15) is 30.1 Å². The number of phenolic OH excluding ortho intramolecular Hbond substituents is 2. The lowest BCUT2D eigenvalue weighted by atomic mass is 9.98. The van der Waals surface area contributed by atoms with Crippen LogP contribution in [0.2, 0.25) is 0 Å². The van der Waals surface area contributed by atoms with E-state index in [1.807, 2.05) is 0 Å². The van der Waals surface area contributed by atoms with Crippen LogP contribution in [0.4, 0.5) is 4.79 Å². The van der Waals surface area contributed by atoms with Gasteiger partial charge < -0.3 is 35.2 Å². The second kappa shape index (κ2) is 10.2. The van der Waals surface area contributed by atoms with E-state index in [0.717, 1.165) is 11.0 Å². The first-order valence-corrected chi connectivity index (χ1v) is 11.7. The van der Waals surface area contributed by atoms with Gasteiger partial charge in [-0.3, -0.25) is 9.59 Å². The monoisotopic (exact) mass is 499 g/mol. The SMILES string of the molecule is C[C@@H]1CC(=O)N1[C@@H](C(=O)O)[C@H](COC(=O)NC1CCN(C(=O)c2ccc(O)c(O)c2)C1)[SH](=O)=O. The first kappa shape index (κ1) is 25.1. The quantitative estimate of drug-likeness (QED) is 0.170. The van der Waals surface area contributed by atoms with Gasteiger partial charge in [0.05, 0.1) is 6.04 Å². The van der Waals surface area contributed by atoms with Gasteiger partial charge in [0.1, 0.15) is 28.6 Å². The van der Waals surface area contributed by atoms with Gasteiger partial charge in [0.2, 0.25) is 5.91 Å². The summed E-state index contributed by atoms with van der Waals surface area (Å²) in [6, 6.07) is 1.03. The number of hydrogen-bond acceptors (Lipinski definition) is 9. The molecule has 3 rings (SSSR count). The first-order valence-electron chi connectivity index (χ1n) is 10.4. The van der Waals surface area contributed by atoms with Crippen LogP contribution in [0.3, 0.4) is 0 Å². The molecule has 186 valence electrons. The molecule has 3 amide bonds. The Labute approximate surface area is 195 Å². The standard InChI is InChI=1S/C20H25N3O10S/c1-10-6-16(26)23(10)17(19(28)29)15(34(31)32)9-33-20(30)21-12-4-5-22(8-12)18(27)11-2-3-13(24)14(25)7-11/h2-3,7,10,12,15,17,24-25,34H,4-6,8-9H2,1H3,(H,21,30)(H,28,29)/t10-,12?,15+,17-/m1/s1. The summed E-state index contributed by atoms with van der Waals surface area (Å²) >= 11 is 0. The molecule has 2 saturated heterocycles. The number of hydrogen-bond donors (Lipinski definition) is 5. The number of carbonyl (C=O) groups is 4. The molecule has 13 nitrogen and oxygen atoms in total. The average Bonchev–Trinajstić information content (AvgIpc) is 3.22. The molecule has 1 aromatic rings. The van der Waals surface area contributed by atoms with Crippen LogP contribution in [-0.2, 0) is 25.0 Å². The Bertz CT molecular complexity index is 1070. The maximum absolute atomic E-state index is 12.6. The number of alkyl carbamates (subject to hydrolysis) is 1. The fraction of sp³-hybridized carbons (Fsp3) is 0.500. The van der Waals surface area contributed by atoms with Gasteiger partial charge in [-0.1, -0.05) is 0 Å².